The number of benzene rings is 1. The number of hydrogen-bond donors (Lipinski definition) is 0. The number of amides is 1. The molecule has 8 heteroatoms. The molecule has 0 bridgehead atoms. The first-order valence-corrected chi connectivity index (χ1v) is 8.96. The van der Waals surface area contributed by atoms with Crippen LogP contribution >= 0.6 is 11.6 Å². The van der Waals surface area contributed by atoms with E-state index in [1.54, 1.807) is 40.9 Å². The molecule has 3 aromatic rings. The summed E-state index contributed by atoms with van der Waals surface area (Å²) in [4.78, 5) is 26.4. The summed E-state index contributed by atoms with van der Waals surface area (Å²) in [6, 6.07) is 12.1. The number of rotatable bonds is 3. The van der Waals surface area contributed by atoms with Gasteiger partial charge in [-0.25, -0.2) is 4.68 Å². The van der Waals surface area contributed by atoms with E-state index in [2.05, 4.69) is 10.2 Å². The minimum Gasteiger partial charge on any atom is -0.333 e. The highest BCUT2D eigenvalue weighted by atomic mass is 35.5. The summed E-state index contributed by atoms with van der Waals surface area (Å²) >= 11 is 5.93. The van der Waals surface area contributed by atoms with Gasteiger partial charge in [0.2, 0.25) is 0 Å². The number of carbonyl (C=O) groups excluding carboxylic acids is 1. The molecule has 0 N–H and O–H groups in total. The second-order valence-corrected chi connectivity index (χ2v) is 7.10. The Labute approximate surface area is 160 Å². The van der Waals surface area contributed by atoms with Crippen LogP contribution in [-0.4, -0.2) is 43.5 Å². The van der Waals surface area contributed by atoms with Gasteiger partial charge < -0.3 is 4.90 Å². The third-order valence-electron chi connectivity index (χ3n) is 4.79. The molecule has 0 radical (unpaired) electrons. The maximum atomic E-state index is 12.5. The van der Waals surface area contributed by atoms with E-state index < -0.39 is 0 Å². The smallest absolute Gasteiger partial charge is 0.274 e. The van der Waals surface area contributed by atoms with Crippen molar-refractivity contribution in [3.8, 4) is 11.3 Å². The van der Waals surface area contributed by atoms with E-state index in [1.807, 2.05) is 19.1 Å². The molecule has 0 unspecified atom stereocenters. The van der Waals surface area contributed by atoms with Gasteiger partial charge in [-0.05, 0) is 31.2 Å². The van der Waals surface area contributed by atoms with Crippen molar-refractivity contribution >= 4 is 17.5 Å². The molecular formula is C19H18ClN5O2. The second-order valence-electron chi connectivity index (χ2n) is 6.67. The average Bonchev–Trinajstić information content (AvgIpc) is 2.95. The number of carbonyl (C=O) groups is 1. The van der Waals surface area contributed by atoms with Gasteiger partial charge in [-0.2, -0.15) is 10.2 Å². The van der Waals surface area contributed by atoms with Gasteiger partial charge in [0.1, 0.15) is 0 Å². The summed E-state index contributed by atoms with van der Waals surface area (Å²) in [6.45, 7) is 2.77. The highest BCUT2D eigenvalue weighted by Gasteiger charge is 2.34. The summed E-state index contributed by atoms with van der Waals surface area (Å²) < 4.78 is 3.13. The Morgan fingerprint density at radius 2 is 1.81 bits per heavy atom. The zero-order chi connectivity index (χ0) is 19.1. The minimum absolute atomic E-state index is 0.128. The van der Waals surface area contributed by atoms with Crippen LogP contribution in [-0.2, 0) is 7.05 Å². The second kappa shape index (κ2) is 6.66. The Morgan fingerprint density at radius 1 is 1.11 bits per heavy atom. The fourth-order valence-electron chi connectivity index (χ4n) is 3.06. The first-order chi connectivity index (χ1) is 12.9. The van der Waals surface area contributed by atoms with Crippen molar-refractivity contribution in [2.24, 2.45) is 7.05 Å². The van der Waals surface area contributed by atoms with Crippen LogP contribution in [0, 0.1) is 6.92 Å². The van der Waals surface area contributed by atoms with E-state index in [0.29, 0.717) is 29.5 Å². The Bertz CT molecular complexity index is 1040. The molecule has 2 aromatic heterocycles. The Morgan fingerprint density at radius 3 is 2.44 bits per heavy atom. The number of aromatic nitrogens is 4. The van der Waals surface area contributed by atoms with Crippen LogP contribution in [0.1, 0.15) is 22.2 Å². The van der Waals surface area contributed by atoms with Gasteiger partial charge in [-0.3, -0.25) is 14.3 Å². The van der Waals surface area contributed by atoms with Crippen LogP contribution in [0.4, 0.5) is 0 Å². The Hall–Kier alpha value is -2.93. The Kier molecular flexibility index (Phi) is 4.31. The summed E-state index contributed by atoms with van der Waals surface area (Å²) in [6.07, 6.45) is 0. The predicted octanol–water partition coefficient (Wildman–Crippen LogP) is 2.30. The van der Waals surface area contributed by atoms with E-state index in [9.17, 15) is 9.59 Å². The molecule has 1 aliphatic rings. The number of aryl methyl sites for hydroxylation is 2. The largest absolute Gasteiger partial charge is 0.333 e. The maximum Gasteiger partial charge on any atom is 0.274 e. The zero-order valence-corrected chi connectivity index (χ0v) is 15.7. The summed E-state index contributed by atoms with van der Waals surface area (Å²) in [5.41, 5.74) is 2.73. The molecule has 0 atom stereocenters. The number of hydrogen-bond acceptors (Lipinski definition) is 4. The third-order valence-corrected chi connectivity index (χ3v) is 5.05. The van der Waals surface area contributed by atoms with Gasteiger partial charge in [-0.15, -0.1) is 0 Å². The first-order valence-electron chi connectivity index (χ1n) is 8.58. The molecular weight excluding hydrogens is 366 g/mol. The zero-order valence-electron chi connectivity index (χ0n) is 15.0. The summed E-state index contributed by atoms with van der Waals surface area (Å²) in [5.74, 6) is -0.128. The molecule has 4 rings (SSSR count). The SMILES string of the molecule is Cc1cc(C(=O)N2CC(n3nc(-c4ccc(Cl)cc4)ccc3=O)C2)nn1C. The molecule has 27 heavy (non-hydrogen) atoms. The molecule has 3 heterocycles. The van der Waals surface area contributed by atoms with E-state index in [-0.39, 0.29) is 17.5 Å². The number of nitrogens with zero attached hydrogens (tertiary/aromatic N) is 5. The molecule has 0 aliphatic carbocycles. The highest BCUT2D eigenvalue weighted by molar-refractivity contribution is 6.30. The Balaban J connectivity index is 1.52. The predicted molar refractivity (Wildman–Crippen MR) is 102 cm³/mol. The lowest BCUT2D eigenvalue weighted by Gasteiger charge is -2.38. The molecule has 1 fully saturated rings. The van der Waals surface area contributed by atoms with Crippen LogP contribution in [0.25, 0.3) is 11.3 Å². The van der Waals surface area contributed by atoms with Crippen LogP contribution in [0.2, 0.25) is 5.02 Å². The lowest BCUT2D eigenvalue weighted by atomic mass is 10.1. The van der Waals surface area contributed by atoms with E-state index in [0.717, 1.165) is 11.3 Å². The quantitative estimate of drug-likeness (QED) is 0.695. The van der Waals surface area contributed by atoms with Crippen molar-refractivity contribution in [2.75, 3.05) is 13.1 Å². The topological polar surface area (TPSA) is 73.0 Å². The van der Waals surface area contributed by atoms with Crippen LogP contribution in [0.5, 0.6) is 0 Å². The molecule has 1 aliphatic heterocycles. The van der Waals surface area contributed by atoms with Crippen LogP contribution < -0.4 is 5.56 Å². The molecule has 0 saturated carbocycles. The normalized spacial score (nSPS) is 14.3. The van der Waals surface area contributed by atoms with Crippen LogP contribution in [0.15, 0.2) is 47.3 Å². The van der Waals surface area contributed by atoms with Crippen molar-refractivity contribution in [3.05, 3.63) is 69.2 Å². The van der Waals surface area contributed by atoms with Crippen LogP contribution in [0.3, 0.4) is 0 Å². The molecule has 1 amide bonds. The van der Waals surface area contributed by atoms with Crippen molar-refractivity contribution in [3.63, 3.8) is 0 Å². The first kappa shape index (κ1) is 17.5. The van der Waals surface area contributed by atoms with Gasteiger partial charge in [0.15, 0.2) is 5.69 Å². The minimum atomic E-state index is -0.182. The fourth-order valence-corrected chi connectivity index (χ4v) is 3.19. The van der Waals surface area contributed by atoms with Crippen molar-refractivity contribution < 1.29 is 4.79 Å². The van der Waals surface area contributed by atoms with E-state index >= 15 is 0 Å². The lowest BCUT2D eigenvalue weighted by Crippen LogP contribution is -2.53. The van der Waals surface area contributed by atoms with Gasteiger partial charge >= 0.3 is 0 Å². The molecule has 1 aromatic carbocycles. The lowest BCUT2D eigenvalue weighted by molar-refractivity contribution is 0.0486. The van der Waals surface area contributed by atoms with Gasteiger partial charge in [-0.1, -0.05) is 23.7 Å². The molecule has 7 nitrogen and oxygen atoms in total. The van der Waals surface area contributed by atoms with E-state index in [4.69, 9.17) is 11.6 Å². The molecule has 1 saturated heterocycles. The fraction of sp³-hybridized carbons (Fsp3) is 0.263. The highest BCUT2D eigenvalue weighted by Crippen LogP contribution is 2.23. The summed E-state index contributed by atoms with van der Waals surface area (Å²) in [7, 11) is 1.80. The maximum absolute atomic E-state index is 12.5. The average molecular weight is 384 g/mol. The molecule has 138 valence electrons. The standard InChI is InChI=1S/C19H18ClN5O2/c1-12-9-17(21-23(12)2)19(27)24-10-15(11-24)25-18(26)8-7-16(22-25)13-3-5-14(20)6-4-13/h3-9,15H,10-11H2,1-2H3. The summed E-state index contributed by atoms with van der Waals surface area (Å²) in [5, 5.41) is 9.35. The molecule has 0 spiro atoms. The van der Waals surface area contributed by atoms with Crippen molar-refractivity contribution in [1.82, 2.24) is 24.5 Å². The van der Waals surface area contributed by atoms with Gasteiger partial charge in [0.05, 0.1) is 11.7 Å². The number of halogens is 1. The van der Waals surface area contributed by atoms with Crippen molar-refractivity contribution in [2.45, 2.75) is 13.0 Å². The monoisotopic (exact) mass is 383 g/mol. The van der Waals surface area contributed by atoms with Gasteiger partial charge in [0, 0.05) is 42.5 Å². The van der Waals surface area contributed by atoms with Gasteiger partial charge in [0.25, 0.3) is 11.5 Å². The van der Waals surface area contributed by atoms with Crippen molar-refractivity contribution in [1.29, 1.82) is 0 Å². The third kappa shape index (κ3) is 3.26. The van der Waals surface area contributed by atoms with E-state index in [1.165, 1.54) is 10.7 Å². The number of likely N-dealkylation sites (tertiary alicyclic amines) is 1.